The van der Waals surface area contributed by atoms with Gasteiger partial charge in [0.25, 0.3) is 0 Å². The van der Waals surface area contributed by atoms with Crippen LogP contribution >= 0.6 is 0 Å². The lowest BCUT2D eigenvalue weighted by Gasteiger charge is -2.13. The van der Waals surface area contributed by atoms with Crippen LogP contribution < -0.4 is 4.57 Å². The van der Waals surface area contributed by atoms with Crippen LogP contribution in [0.5, 0.6) is 11.5 Å². The summed E-state index contributed by atoms with van der Waals surface area (Å²) in [6.07, 6.45) is 2.33. The van der Waals surface area contributed by atoms with E-state index in [-0.39, 0.29) is 24.1 Å². The van der Waals surface area contributed by atoms with Crippen LogP contribution in [-0.4, -0.2) is 21.9 Å². The Hall–Kier alpha value is -2.07. The number of aromatic hydroxyl groups is 2. The Morgan fingerprint density at radius 2 is 1.79 bits per heavy atom. The maximum absolute atomic E-state index is 9.75. The second-order valence-electron chi connectivity index (χ2n) is 4.57. The van der Waals surface area contributed by atoms with E-state index in [9.17, 15) is 15.3 Å². The molecule has 0 amide bonds. The van der Waals surface area contributed by atoms with E-state index in [0.717, 1.165) is 5.56 Å². The SMILES string of the molecule is Cc1c(O)c(O)cc[n+]1[C@H](CO)Cc1ccccc1. The highest BCUT2D eigenvalue weighted by Crippen LogP contribution is 2.25. The highest BCUT2D eigenvalue weighted by molar-refractivity contribution is 5.36. The lowest BCUT2D eigenvalue weighted by atomic mass is 10.1. The number of hydrogen-bond donors (Lipinski definition) is 3. The second kappa shape index (κ2) is 5.71. The van der Waals surface area contributed by atoms with Gasteiger partial charge in [0.2, 0.25) is 11.4 Å². The Morgan fingerprint density at radius 3 is 2.42 bits per heavy atom. The highest BCUT2D eigenvalue weighted by Gasteiger charge is 2.24. The Morgan fingerprint density at radius 1 is 1.11 bits per heavy atom. The number of hydrogen-bond acceptors (Lipinski definition) is 3. The maximum Gasteiger partial charge on any atom is 0.226 e. The molecule has 2 aromatic rings. The summed E-state index contributed by atoms with van der Waals surface area (Å²) in [5.41, 5.74) is 1.65. The minimum absolute atomic E-state index is 0.0371. The molecule has 4 heteroatoms. The fourth-order valence-corrected chi connectivity index (χ4v) is 2.18. The van der Waals surface area contributed by atoms with Gasteiger partial charge in [0.1, 0.15) is 6.61 Å². The van der Waals surface area contributed by atoms with E-state index >= 15 is 0 Å². The van der Waals surface area contributed by atoms with Crippen molar-refractivity contribution in [3.05, 3.63) is 53.9 Å². The van der Waals surface area contributed by atoms with Gasteiger partial charge >= 0.3 is 0 Å². The van der Waals surface area contributed by atoms with Crippen LogP contribution in [0.2, 0.25) is 0 Å². The summed E-state index contributed by atoms with van der Waals surface area (Å²) >= 11 is 0. The monoisotopic (exact) mass is 260 g/mol. The third-order valence-corrected chi connectivity index (χ3v) is 3.28. The number of aliphatic hydroxyl groups excluding tert-OH is 1. The first-order chi connectivity index (χ1) is 9.13. The molecule has 19 heavy (non-hydrogen) atoms. The minimum Gasteiger partial charge on any atom is -0.504 e. The van der Waals surface area contributed by atoms with E-state index in [1.54, 1.807) is 17.7 Å². The van der Waals surface area contributed by atoms with Crippen LogP contribution in [0.3, 0.4) is 0 Å². The van der Waals surface area contributed by atoms with Crippen LogP contribution in [0.15, 0.2) is 42.6 Å². The van der Waals surface area contributed by atoms with Crippen LogP contribution in [0, 0.1) is 6.92 Å². The molecule has 4 nitrogen and oxygen atoms in total. The zero-order valence-corrected chi connectivity index (χ0v) is 10.8. The van der Waals surface area contributed by atoms with Gasteiger partial charge in [-0.3, -0.25) is 0 Å². The van der Waals surface area contributed by atoms with Gasteiger partial charge in [-0.25, -0.2) is 0 Å². The van der Waals surface area contributed by atoms with Crippen molar-refractivity contribution in [2.45, 2.75) is 19.4 Å². The maximum atomic E-state index is 9.75. The fourth-order valence-electron chi connectivity index (χ4n) is 2.18. The number of rotatable bonds is 4. The van der Waals surface area contributed by atoms with E-state index < -0.39 is 0 Å². The molecule has 0 saturated carbocycles. The topological polar surface area (TPSA) is 64.6 Å². The molecule has 3 N–H and O–H groups in total. The van der Waals surface area contributed by atoms with E-state index in [2.05, 4.69) is 0 Å². The first-order valence-corrected chi connectivity index (χ1v) is 6.21. The van der Waals surface area contributed by atoms with Gasteiger partial charge < -0.3 is 15.3 Å². The Balaban J connectivity index is 2.30. The first kappa shape index (κ1) is 13.4. The Kier molecular flexibility index (Phi) is 4.02. The molecular formula is C15H18NO3+. The average molecular weight is 260 g/mol. The van der Waals surface area contributed by atoms with Crippen molar-refractivity contribution in [1.29, 1.82) is 0 Å². The number of aromatic nitrogens is 1. The quantitative estimate of drug-likeness (QED) is 0.729. The van der Waals surface area contributed by atoms with Crippen LogP contribution in [0.25, 0.3) is 0 Å². The lowest BCUT2D eigenvalue weighted by Crippen LogP contribution is -2.45. The van der Waals surface area contributed by atoms with Crippen molar-refractivity contribution in [2.24, 2.45) is 0 Å². The summed E-state index contributed by atoms with van der Waals surface area (Å²) in [6, 6.07) is 11.1. The predicted molar refractivity (Wildman–Crippen MR) is 71.0 cm³/mol. The van der Waals surface area contributed by atoms with Crippen molar-refractivity contribution in [1.82, 2.24) is 0 Å². The summed E-state index contributed by atoms with van der Waals surface area (Å²) < 4.78 is 1.78. The molecule has 0 bridgehead atoms. The van der Waals surface area contributed by atoms with Gasteiger partial charge in [-0.2, -0.15) is 4.57 Å². The minimum atomic E-state index is -0.172. The third kappa shape index (κ3) is 2.85. The number of benzene rings is 1. The number of pyridine rings is 1. The van der Waals surface area contributed by atoms with Gasteiger partial charge in [-0.15, -0.1) is 0 Å². The lowest BCUT2D eigenvalue weighted by molar-refractivity contribution is -0.730. The molecule has 2 rings (SSSR count). The highest BCUT2D eigenvalue weighted by atomic mass is 16.3. The van der Waals surface area contributed by atoms with E-state index in [0.29, 0.717) is 12.1 Å². The van der Waals surface area contributed by atoms with Gasteiger partial charge in [-0.1, -0.05) is 30.3 Å². The molecule has 0 spiro atoms. The normalized spacial score (nSPS) is 12.3. The average Bonchev–Trinajstić information content (AvgIpc) is 2.44. The van der Waals surface area contributed by atoms with Crippen LogP contribution in [0.1, 0.15) is 17.3 Å². The molecule has 100 valence electrons. The van der Waals surface area contributed by atoms with Crippen LogP contribution in [0.4, 0.5) is 0 Å². The molecule has 0 saturated heterocycles. The van der Waals surface area contributed by atoms with Gasteiger partial charge in [0.05, 0.1) is 0 Å². The molecule has 1 aromatic carbocycles. The summed E-state index contributed by atoms with van der Waals surface area (Å²) in [6.45, 7) is 1.67. The molecule has 1 atom stereocenters. The Bertz CT molecular complexity index is 555. The van der Waals surface area contributed by atoms with Crippen molar-refractivity contribution < 1.29 is 19.9 Å². The van der Waals surface area contributed by atoms with Gasteiger partial charge in [0, 0.05) is 19.4 Å². The van der Waals surface area contributed by atoms with Crippen molar-refractivity contribution in [3.8, 4) is 11.5 Å². The van der Waals surface area contributed by atoms with E-state index in [1.807, 2.05) is 30.3 Å². The molecule has 0 aliphatic carbocycles. The summed E-state index contributed by atoms with van der Waals surface area (Å²) in [7, 11) is 0. The third-order valence-electron chi connectivity index (χ3n) is 3.28. The van der Waals surface area contributed by atoms with E-state index in [4.69, 9.17) is 0 Å². The molecule has 0 radical (unpaired) electrons. The zero-order valence-electron chi connectivity index (χ0n) is 10.8. The molecule has 1 aromatic heterocycles. The van der Waals surface area contributed by atoms with Crippen molar-refractivity contribution in [3.63, 3.8) is 0 Å². The summed E-state index contributed by atoms with van der Waals surface area (Å²) in [5, 5.41) is 28.7. The number of nitrogens with zero attached hydrogens (tertiary/aromatic N) is 1. The van der Waals surface area contributed by atoms with Crippen LogP contribution in [-0.2, 0) is 6.42 Å². The fraction of sp³-hybridized carbons (Fsp3) is 0.267. The van der Waals surface area contributed by atoms with Crippen molar-refractivity contribution >= 4 is 0 Å². The Labute approximate surface area is 112 Å². The molecule has 0 aliphatic rings. The summed E-state index contributed by atoms with van der Waals surface area (Å²) in [4.78, 5) is 0. The smallest absolute Gasteiger partial charge is 0.226 e. The van der Waals surface area contributed by atoms with Gasteiger partial charge in [-0.05, 0) is 5.56 Å². The molecular weight excluding hydrogens is 242 g/mol. The summed E-state index contributed by atoms with van der Waals surface area (Å²) in [5.74, 6) is -0.292. The second-order valence-corrected chi connectivity index (χ2v) is 4.57. The standard InChI is InChI=1S/C15H17NO3/c1-11-15(19)14(18)7-8-16(11)13(10-17)9-12-5-3-2-4-6-12/h2-8,13,17,19H,9-10H2,1H3/p+1/t13-/m0/s1. The predicted octanol–water partition coefficient (Wildman–Crippen LogP) is 1.47. The molecule has 1 heterocycles. The molecule has 0 unspecified atom stereocenters. The van der Waals surface area contributed by atoms with Crippen molar-refractivity contribution in [2.75, 3.05) is 6.61 Å². The zero-order chi connectivity index (χ0) is 13.8. The number of aliphatic hydroxyl groups is 1. The molecule has 0 fully saturated rings. The van der Waals surface area contributed by atoms with Gasteiger partial charge in [0.15, 0.2) is 18.0 Å². The molecule has 0 aliphatic heterocycles. The first-order valence-electron chi connectivity index (χ1n) is 6.21. The van der Waals surface area contributed by atoms with E-state index in [1.165, 1.54) is 6.07 Å². The largest absolute Gasteiger partial charge is 0.504 e.